The summed E-state index contributed by atoms with van der Waals surface area (Å²) in [6.07, 6.45) is 4.25. The lowest BCUT2D eigenvalue weighted by Crippen LogP contribution is -2.51. The van der Waals surface area contributed by atoms with Crippen molar-refractivity contribution in [1.82, 2.24) is 4.90 Å². The maximum Gasteiger partial charge on any atom is 0.246 e. The van der Waals surface area contributed by atoms with Crippen molar-refractivity contribution in [2.45, 2.75) is 38.3 Å². The lowest BCUT2D eigenvalue weighted by molar-refractivity contribution is -0.145. The molecule has 22 heavy (non-hydrogen) atoms. The van der Waals surface area contributed by atoms with Gasteiger partial charge < -0.3 is 14.7 Å². The first-order valence-corrected chi connectivity index (χ1v) is 8.60. The van der Waals surface area contributed by atoms with Crippen LogP contribution in [-0.2, 0) is 16.1 Å². The molecule has 0 unspecified atom stereocenters. The van der Waals surface area contributed by atoms with Crippen LogP contribution in [0.3, 0.4) is 0 Å². The van der Waals surface area contributed by atoms with Crippen molar-refractivity contribution in [2.24, 2.45) is 0 Å². The summed E-state index contributed by atoms with van der Waals surface area (Å²) in [5.41, 5.74) is 0.708. The first-order valence-electron chi connectivity index (χ1n) is 7.40. The van der Waals surface area contributed by atoms with E-state index in [4.69, 9.17) is 21.4 Å². The number of hydrogen-bond donors (Lipinski definition) is 1. The summed E-state index contributed by atoms with van der Waals surface area (Å²) in [5, 5.41) is 8.97. The molecule has 4 nitrogen and oxygen atoms in total. The van der Waals surface area contributed by atoms with E-state index in [0.717, 1.165) is 34.0 Å². The minimum Gasteiger partial charge on any atom is -0.394 e. The van der Waals surface area contributed by atoms with Crippen LogP contribution in [-0.4, -0.2) is 41.3 Å². The van der Waals surface area contributed by atoms with Gasteiger partial charge in [0.2, 0.25) is 5.91 Å². The number of amides is 1. The van der Waals surface area contributed by atoms with Crippen molar-refractivity contribution >= 4 is 28.8 Å². The molecule has 0 aromatic carbocycles. The van der Waals surface area contributed by atoms with E-state index in [1.54, 1.807) is 4.90 Å². The maximum atomic E-state index is 12.2. The molecule has 1 saturated carbocycles. The van der Waals surface area contributed by atoms with Gasteiger partial charge in [0.15, 0.2) is 0 Å². The van der Waals surface area contributed by atoms with Gasteiger partial charge in [-0.1, -0.05) is 18.2 Å². The van der Waals surface area contributed by atoms with Crippen molar-refractivity contribution in [3.8, 4) is 0 Å². The average molecular weight is 344 g/mol. The number of thiophene rings is 1. The SMILES string of the molecule is C=CC(=O)N(Cc1cc(C)c(Cl)s1)CC1(OCCO)CCC1. The Kier molecular flexibility index (Phi) is 6.03. The molecule has 1 aliphatic rings. The number of aliphatic hydroxyl groups is 1. The first kappa shape index (κ1) is 17.5. The molecular weight excluding hydrogens is 322 g/mol. The van der Waals surface area contributed by atoms with Crippen molar-refractivity contribution in [3.63, 3.8) is 0 Å². The smallest absolute Gasteiger partial charge is 0.246 e. The number of nitrogens with zero attached hydrogens (tertiary/aromatic N) is 1. The highest BCUT2D eigenvalue weighted by Gasteiger charge is 2.40. The Morgan fingerprint density at radius 2 is 2.36 bits per heavy atom. The lowest BCUT2D eigenvalue weighted by Gasteiger charge is -2.44. The fourth-order valence-electron chi connectivity index (χ4n) is 2.66. The summed E-state index contributed by atoms with van der Waals surface area (Å²) in [5.74, 6) is -0.110. The molecule has 1 aliphatic carbocycles. The van der Waals surface area contributed by atoms with E-state index in [1.807, 2.05) is 13.0 Å². The zero-order valence-electron chi connectivity index (χ0n) is 12.8. The van der Waals surface area contributed by atoms with Crippen molar-refractivity contribution < 1.29 is 14.6 Å². The van der Waals surface area contributed by atoms with Gasteiger partial charge >= 0.3 is 0 Å². The highest BCUT2D eigenvalue weighted by molar-refractivity contribution is 7.16. The zero-order valence-corrected chi connectivity index (χ0v) is 14.4. The maximum absolute atomic E-state index is 12.2. The molecule has 6 heteroatoms. The Labute approximate surface area is 140 Å². The third-order valence-corrected chi connectivity index (χ3v) is 5.52. The highest BCUT2D eigenvalue weighted by Crippen LogP contribution is 2.37. The third kappa shape index (κ3) is 4.10. The van der Waals surface area contributed by atoms with Crippen LogP contribution < -0.4 is 0 Å². The van der Waals surface area contributed by atoms with Crippen LogP contribution in [0.1, 0.15) is 29.7 Å². The largest absolute Gasteiger partial charge is 0.394 e. The van der Waals surface area contributed by atoms with Gasteiger partial charge in [-0.2, -0.15) is 0 Å². The normalized spacial score (nSPS) is 16.1. The van der Waals surface area contributed by atoms with E-state index >= 15 is 0 Å². The van der Waals surface area contributed by atoms with Crippen LogP contribution in [0.15, 0.2) is 18.7 Å². The van der Waals surface area contributed by atoms with E-state index in [1.165, 1.54) is 17.4 Å². The van der Waals surface area contributed by atoms with E-state index in [9.17, 15) is 4.79 Å². The molecule has 1 aromatic heterocycles. The monoisotopic (exact) mass is 343 g/mol. The number of halogens is 1. The predicted octanol–water partition coefficient (Wildman–Crippen LogP) is 3.16. The summed E-state index contributed by atoms with van der Waals surface area (Å²) < 4.78 is 6.57. The van der Waals surface area contributed by atoms with Crippen LogP contribution in [0.2, 0.25) is 4.34 Å². The minimum absolute atomic E-state index is 0.00309. The van der Waals surface area contributed by atoms with Gasteiger partial charge in [0.1, 0.15) is 0 Å². The van der Waals surface area contributed by atoms with Crippen LogP contribution >= 0.6 is 22.9 Å². The predicted molar refractivity (Wildman–Crippen MR) is 89.3 cm³/mol. The highest BCUT2D eigenvalue weighted by atomic mass is 35.5. The van der Waals surface area contributed by atoms with Gasteiger partial charge in [-0.25, -0.2) is 0 Å². The number of ether oxygens (including phenoxy) is 1. The van der Waals surface area contributed by atoms with Gasteiger partial charge in [0.05, 0.1) is 36.2 Å². The summed E-state index contributed by atoms with van der Waals surface area (Å²) in [7, 11) is 0. The molecule has 1 aromatic rings. The van der Waals surface area contributed by atoms with Crippen LogP contribution in [0.5, 0.6) is 0 Å². The van der Waals surface area contributed by atoms with Crippen LogP contribution in [0, 0.1) is 6.92 Å². The summed E-state index contributed by atoms with van der Waals surface area (Å²) >= 11 is 7.61. The fourth-order valence-corrected chi connectivity index (χ4v) is 3.92. The Morgan fingerprint density at radius 3 is 2.82 bits per heavy atom. The van der Waals surface area contributed by atoms with Crippen LogP contribution in [0.25, 0.3) is 0 Å². The second-order valence-corrected chi connectivity index (χ2v) is 7.42. The molecule has 0 aliphatic heterocycles. The molecule has 1 fully saturated rings. The molecule has 1 amide bonds. The molecule has 1 heterocycles. The van der Waals surface area contributed by atoms with Gasteiger partial charge in [0, 0.05) is 4.88 Å². The molecule has 1 N–H and O–H groups in total. The molecule has 0 radical (unpaired) electrons. The summed E-state index contributed by atoms with van der Waals surface area (Å²) in [6, 6.07) is 2.01. The number of aliphatic hydroxyl groups excluding tert-OH is 1. The standard InChI is InChI=1S/C16H22ClNO3S/c1-3-14(20)18(10-13-9-12(2)15(17)22-13)11-16(5-4-6-16)21-8-7-19/h3,9,19H,1,4-8,10-11H2,2H3. The zero-order chi connectivity index (χ0) is 16.2. The number of rotatable bonds is 8. The van der Waals surface area contributed by atoms with Gasteiger partial charge in [-0.05, 0) is 43.9 Å². The van der Waals surface area contributed by atoms with Gasteiger partial charge in [0.25, 0.3) is 0 Å². The topological polar surface area (TPSA) is 49.8 Å². The number of carbonyl (C=O) groups excluding carboxylic acids is 1. The van der Waals surface area contributed by atoms with Crippen LogP contribution in [0.4, 0.5) is 0 Å². The van der Waals surface area contributed by atoms with Crippen molar-refractivity contribution in [2.75, 3.05) is 19.8 Å². The van der Waals surface area contributed by atoms with E-state index in [-0.39, 0.29) is 18.1 Å². The lowest BCUT2D eigenvalue weighted by atomic mass is 9.79. The van der Waals surface area contributed by atoms with Crippen molar-refractivity contribution in [3.05, 3.63) is 33.5 Å². The molecule has 0 spiro atoms. The Balaban J connectivity index is 2.08. The first-order chi connectivity index (χ1) is 10.5. The Bertz CT molecular complexity index is 520. The average Bonchev–Trinajstić information content (AvgIpc) is 2.78. The minimum atomic E-state index is -0.322. The van der Waals surface area contributed by atoms with Gasteiger partial charge in [-0.15, -0.1) is 11.3 Å². The van der Waals surface area contributed by atoms with E-state index in [0.29, 0.717) is 19.7 Å². The fraction of sp³-hybridized carbons (Fsp3) is 0.562. The quantitative estimate of drug-likeness (QED) is 0.738. The van der Waals surface area contributed by atoms with E-state index < -0.39 is 0 Å². The number of hydrogen-bond acceptors (Lipinski definition) is 4. The summed E-state index contributed by atoms with van der Waals surface area (Å²) in [6.45, 7) is 6.88. The second-order valence-electron chi connectivity index (χ2n) is 5.68. The number of carbonyl (C=O) groups is 1. The second kappa shape index (κ2) is 7.59. The molecule has 0 saturated heterocycles. The Morgan fingerprint density at radius 1 is 1.64 bits per heavy atom. The summed E-state index contributed by atoms with van der Waals surface area (Å²) in [4.78, 5) is 15.0. The molecule has 122 valence electrons. The third-order valence-electron chi connectivity index (χ3n) is 3.98. The van der Waals surface area contributed by atoms with E-state index in [2.05, 4.69) is 6.58 Å². The molecular formula is C16H22ClNO3S. The molecule has 0 bridgehead atoms. The van der Waals surface area contributed by atoms with Crippen molar-refractivity contribution in [1.29, 1.82) is 0 Å². The van der Waals surface area contributed by atoms with Gasteiger partial charge in [-0.3, -0.25) is 4.79 Å². The molecule has 0 atom stereocenters. The number of aryl methyl sites for hydroxylation is 1. The Hall–Kier alpha value is -0.880. The molecule has 2 rings (SSSR count).